The highest BCUT2D eigenvalue weighted by Crippen LogP contribution is 2.62. The van der Waals surface area contributed by atoms with E-state index in [9.17, 15) is 14.4 Å². The molecule has 1 saturated carbocycles. The first-order valence-electron chi connectivity index (χ1n) is 12.8. The number of fused-ring (bicyclic) bond motifs is 2. The number of benzene rings is 2. The normalized spacial score (nSPS) is 21.0. The second-order valence-corrected chi connectivity index (χ2v) is 10.4. The number of nitrogens with two attached hydrogens (primary N) is 1. The molecule has 2 aromatic heterocycles. The molecule has 3 N–H and O–H groups in total. The first kappa shape index (κ1) is 23.4. The lowest BCUT2D eigenvalue weighted by Crippen LogP contribution is -2.46. The summed E-state index contributed by atoms with van der Waals surface area (Å²) in [6, 6.07) is 15.8. The number of carbonyl (C=O) groups excluding carboxylic acids is 3. The monoisotopic (exact) mass is 519 g/mol. The zero-order valence-electron chi connectivity index (χ0n) is 21.2. The molecule has 2 aliphatic carbocycles. The number of aryl methyl sites for hydroxylation is 1. The predicted octanol–water partition coefficient (Wildman–Crippen LogP) is 4.03. The molecule has 2 atom stereocenters. The van der Waals surface area contributed by atoms with Crippen LogP contribution < -0.4 is 16.1 Å². The third-order valence-electron chi connectivity index (χ3n) is 8.41. The fraction of sp³-hybridized carbons (Fsp3) is 0.200. The van der Waals surface area contributed by atoms with Gasteiger partial charge in [0.2, 0.25) is 0 Å². The van der Waals surface area contributed by atoms with E-state index in [1.807, 2.05) is 25.1 Å². The molecular formula is C30H25N5O4. The Balaban J connectivity index is 1.17. The molecule has 9 heteroatoms. The number of rotatable bonds is 4. The molecule has 39 heavy (non-hydrogen) atoms. The average molecular weight is 520 g/mol. The molecule has 1 saturated heterocycles. The molecule has 3 aliphatic rings. The van der Waals surface area contributed by atoms with Gasteiger partial charge in [0, 0.05) is 47.3 Å². The number of carbonyl (C=O) groups is 3. The Kier molecular flexibility index (Phi) is 5.02. The van der Waals surface area contributed by atoms with Crippen LogP contribution in [0.15, 0.2) is 78.8 Å². The third-order valence-corrected chi connectivity index (χ3v) is 8.41. The summed E-state index contributed by atoms with van der Waals surface area (Å²) in [7, 11) is 0. The molecule has 2 aromatic carbocycles. The summed E-state index contributed by atoms with van der Waals surface area (Å²) in [5.74, 6) is 5.30. The van der Waals surface area contributed by atoms with Crippen molar-refractivity contribution < 1.29 is 19.2 Å². The first-order valence-corrected chi connectivity index (χ1v) is 12.8. The van der Waals surface area contributed by atoms with Gasteiger partial charge in [0.25, 0.3) is 11.8 Å². The van der Waals surface area contributed by atoms with Gasteiger partial charge in [0.15, 0.2) is 5.78 Å². The number of anilines is 1. The minimum atomic E-state index is -0.295. The van der Waals surface area contributed by atoms with Crippen LogP contribution in [0.5, 0.6) is 5.75 Å². The van der Waals surface area contributed by atoms with Crippen molar-refractivity contribution in [3.63, 3.8) is 0 Å². The summed E-state index contributed by atoms with van der Waals surface area (Å²) in [4.78, 5) is 50.5. The number of hydrogen-bond acceptors (Lipinski definition) is 6. The van der Waals surface area contributed by atoms with Crippen LogP contribution in [0.4, 0.5) is 5.69 Å². The summed E-state index contributed by atoms with van der Waals surface area (Å²) in [5.41, 5.74) is 5.31. The van der Waals surface area contributed by atoms with E-state index >= 15 is 0 Å². The number of amides is 2. The molecule has 0 unspecified atom stereocenters. The van der Waals surface area contributed by atoms with Crippen molar-refractivity contribution in [2.24, 2.45) is 11.8 Å². The van der Waals surface area contributed by atoms with Gasteiger partial charge in [-0.1, -0.05) is 18.2 Å². The number of allylic oxidation sites excluding steroid dienone is 2. The smallest absolute Gasteiger partial charge is 0.278 e. The van der Waals surface area contributed by atoms with Crippen LogP contribution in [0.25, 0.3) is 5.65 Å². The highest BCUT2D eigenvalue weighted by atomic mass is 16.6. The maximum atomic E-state index is 13.8. The van der Waals surface area contributed by atoms with Gasteiger partial charge in [-0.05, 0) is 73.2 Å². The molecule has 1 spiro atoms. The van der Waals surface area contributed by atoms with Gasteiger partial charge in [0.1, 0.15) is 17.1 Å². The Morgan fingerprint density at radius 1 is 1.10 bits per heavy atom. The van der Waals surface area contributed by atoms with Crippen molar-refractivity contribution in [3.05, 3.63) is 107 Å². The number of ketones is 1. The fourth-order valence-corrected chi connectivity index (χ4v) is 6.50. The average Bonchev–Trinajstić information content (AvgIpc) is 3.45. The molecule has 1 aliphatic heterocycles. The Morgan fingerprint density at radius 3 is 2.67 bits per heavy atom. The van der Waals surface area contributed by atoms with Gasteiger partial charge in [0.05, 0.1) is 5.69 Å². The zero-order chi connectivity index (χ0) is 26.9. The molecule has 2 fully saturated rings. The highest BCUT2D eigenvalue weighted by molar-refractivity contribution is 6.10. The van der Waals surface area contributed by atoms with E-state index < -0.39 is 0 Å². The molecule has 4 aromatic rings. The van der Waals surface area contributed by atoms with Crippen molar-refractivity contribution in [2.75, 3.05) is 11.9 Å². The molecule has 0 bridgehead atoms. The fourth-order valence-electron chi connectivity index (χ4n) is 6.50. The number of nitrogens with one attached hydrogen (secondary N) is 1. The predicted molar refractivity (Wildman–Crippen MR) is 143 cm³/mol. The SMILES string of the molecule is Cc1cccc2c1[C@@]13CC[C@@H]1CN(C(=O)c1cn4cc(NC(=O)c5ccc(ON)cc5)ccc4n1)C3=CC2=O. The van der Waals surface area contributed by atoms with Crippen LogP contribution in [-0.4, -0.2) is 38.4 Å². The minimum Gasteiger partial charge on any atom is -0.412 e. The van der Waals surface area contributed by atoms with Gasteiger partial charge in [-0.15, -0.1) is 0 Å². The van der Waals surface area contributed by atoms with E-state index in [0.29, 0.717) is 29.2 Å². The maximum Gasteiger partial charge on any atom is 0.278 e. The van der Waals surface area contributed by atoms with Crippen LogP contribution in [0.1, 0.15) is 55.2 Å². The number of hydrogen-bond donors (Lipinski definition) is 2. The van der Waals surface area contributed by atoms with Crippen LogP contribution >= 0.6 is 0 Å². The number of aromatic nitrogens is 2. The third kappa shape index (κ3) is 3.36. The van der Waals surface area contributed by atoms with Gasteiger partial charge < -0.3 is 19.5 Å². The molecular weight excluding hydrogens is 494 g/mol. The van der Waals surface area contributed by atoms with Crippen molar-refractivity contribution in [1.82, 2.24) is 14.3 Å². The Hall–Kier alpha value is -4.76. The quantitative estimate of drug-likeness (QED) is 0.393. The van der Waals surface area contributed by atoms with Gasteiger partial charge >= 0.3 is 0 Å². The van der Waals surface area contributed by atoms with Gasteiger partial charge in [-0.2, -0.15) is 5.90 Å². The maximum absolute atomic E-state index is 13.8. The molecule has 0 radical (unpaired) electrons. The number of imidazole rings is 1. The van der Waals surface area contributed by atoms with Crippen LogP contribution in [0, 0.1) is 12.8 Å². The second-order valence-electron chi connectivity index (χ2n) is 10.4. The standard InChI is InChI=1S/C30H25N5O4/c1-17-3-2-4-22-24(36)13-25-30(27(17)22)12-11-19(30)14-35(25)29(38)23-16-34-15-20(7-10-26(34)33-23)32-28(37)18-5-8-21(39-31)9-6-18/h2-10,13,15-16,19H,11-12,14,31H2,1H3,(H,32,37)/t19-,30+/m1/s1. The van der Waals surface area contributed by atoms with Gasteiger partial charge in [-0.3, -0.25) is 14.4 Å². The Morgan fingerprint density at radius 2 is 1.92 bits per heavy atom. The summed E-state index contributed by atoms with van der Waals surface area (Å²) >= 11 is 0. The van der Waals surface area contributed by atoms with E-state index in [1.54, 1.807) is 64.2 Å². The van der Waals surface area contributed by atoms with E-state index in [1.165, 1.54) is 0 Å². The van der Waals surface area contributed by atoms with Crippen LogP contribution in [0.3, 0.4) is 0 Å². The summed E-state index contributed by atoms with van der Waals surface area (Å²) < 4.78 is 1.72. The zero-order valence-corrected chi connectivity index (χ0v) is 21.2. The van der Waals surface area contributed by atoms with E-state index in [4.69, 9.17) is 5.90 Å². The molecule has 194 valence electrons. The molecule has 2 amide bonds. The van der Waals surface area contributed by atoms with Crippen LogP contribution in [0.2, 0.25) is 0 Å². The number of nitrogens with zero attached hydrogens (tertiary/aromatic N) is 3. The molecule has 7 rings (SSSR count). The van der Waals surface area contributed by atoms with Crippen molar-refractivity contribution in [3.8, 4) is 5.75 Å². The van der Waals surface area contributed by atoms with Crippen molar-refractivity contribution in [1.29, 1.82) is 0 Å². The highest BCUT2D eigenvalue weighted by Gasteiger charge is 2.61. The largest absolute Gasteiger partial charge is 0.412 e. The molecule has 3 heterocycles. The second kappa shape index (κ2) is 8.37. The summed E-state index contributed by atoms with van der Waals surface area (Å²) in [6.07, 6.45) is 6.98. The van der Waals surface area contributed by atoms with E-state index in [2.05, 4.69) is 15.1 Å². The van der Waals surface area contributed by atoms with Gasteiger partial charge in [-0.25, -0.2) is 4.98 Å². The van der Waals surface area contributed by atoms with Crippen LogP contribution in [-0.2, 0) is 5.41 Å². The summed E-state index contributed by atoms with van der Waals surface area (Å²) in [5, 5.41) is 2.86. The number of likely N-dealkylation sites (tertiary alicyclic amines) is 1. The van der Waals surface area contributed by atoms with Crippen molar-refractivity contribution in [2.45, 2.75) is 25.2 Å². The molecule has 9 nitrogen and oxygen atoms in total. The topological polar surface area (TPSA) is 119 Å². The Bertz CT molecular complexity index is 1740. The number of pyridine rings is 1. The lowest BCUT2D eigenvalue weighted by Gasteiger charge is -2.48. The lowest BCUT2D eigenvalue weighted by molar-refractivity contribution is 0.0813. The van der Waals surface area contributed by atoms with Crippen molar-refractivity contribution >= 4 is 28.9 Å². The van der Waals surface area contributed by atoms with E-state index in [0.717, 1.165) is 35.2 Å². The first-order chi connectivity index (χ1) is 18.9. The Labute approximate surface area is 223 Å². The minimum absolute atomic E-state index is 0.0553. The van der Waals surface area contributed by atoms with E-state index in [-0.39, 0.29) is 34.6 Å². The summed E-state index contributed by atoms with van der Waals surface area (Å²) in [6.45, 7) is 2.61. The lowest BCUT2D eigenvalue weighted by atomic mass is 9.54.